The first-order valence-corrected chi connectivity index (χ1v) is 8.04. The van der Waals surface area contributed by atoms with E-state index in [9.17, 15) is 13.2 Å². The summed E-state index contributed by atoms with van der Waals surface area (Å²) in [7, 11) is -3.82. The van der Waals surface area contributed by atoms with E-state index in [0.717, 1.165) is 0 Å². The molecule has 0 heterocycles. The Labute approximate surface area is 127 Å². The lowest BCUT2D eigenvalue weighted by atomic mass is 10.3. The highest BCUT2D eigenvalue weighted by Gasteiger charge is 2.22. The van der Waals surface area contributed by atoms with Crippen molar-refractivity contribution in [2.75, 3.05) is 16.8 Å². The van der Waals surface area contributed by atoms with E-state index in [1.165, 1.54) is 18.2 Å². The van der Waals surface area contributed by atoms with Crippen molar-refractivity contribution in [3.8, 4) is 0 Å². The van der Waals surface area contributed by atoms with E-state index in [-0.39, 0.29) is 10.6 Å². The van der Waals surface area contributed by atoms with Crippen LogP contribution in [0.5, 0.6) is 0 Å². The number of nitrogens with one attached hydrogen (secondary N) is 1. The molecule has 0 aliphatic heterocycles. The van der Waals surface area contributed by atoms with Crippen LogP contribution in [0, 0.1) is 0 Å². The average molecular weight is 325 g/mol. The van der Waals surface area contributed by atoms with Crippen LogP contribution in [-0.2, 0) is 14.6 Å². The highest BCUT2D eigenvalue weighted by atomic mass is 35.5. The fourth-order valence-electron chi connectivity index (χ4n) is 1.77. The molecule has 0 aliphatic carbocycles. The summed E-state index contributed by atoms with van der Waals surface area (Å²) in [6.07, 6.45) is 0. The standard InChI is InChI=1S/C14H13ClN2O3S/c15-10-6-7-13(12(16)8-10)21(19,20)9-14(18)17-11-4-2-1-3-5-11/h1-8H,9,16H2,(H,17,18). The van der Waals surface area contributed by atoms with E-state index >= 15 is 0 Å². The van der Waals surface area contributed by atoms with E-state index in [4.69, 9.17) is 17.3 Å². The third-order valence-corrected chi connectivity index (χ3v) is 4.60. The van der Waals surface area contributed by atoms with Crippen LogP contribution in [0.15, 0.2) is 53.4 Å². The number of sulfone groups is 1. The summed E-state index contributed by atoms with van der Waals surface area (Å²) >= 11 is 5.73. The summed E-state index contributed by atoms with van der Waals surface area (Å²) in [4.78, 5) is 11.7. The molecule has 0 saturated carbocycles. The van der Waals surface area contributed by atoms with E-state index in [2.05, 4.69) is 5.32 Å². The molecule has 1 amide bonds. The molecule has 0 aliphatic rings. The first-order chi connectivity index (χ1) is 9.88. The zero-order chi connectivity index (χ0) is 15.5. The van der Waals surface area contributed by atoms with Crippen LogP contribution in [0.3, 0.4) is 0 Å². The number of rotatable bonds is 4. The minimum Gasteiger partial charge on any atom is -0.398 e. The maximum absolute atomic E-state index is 12.2. The van der Waals surface area contributed by atoms with Gasteiger partial charge in [-0.1, -0.05) is 29.8 Å². The van der Waals surface area contributed by atoms with Crippen molar-refractivity contribution in [3.05, 3.63) is 53.6 Å². The number of carbonyl (C=O) groups is 1. The molecule has 0 atom stereocenters. The number of halogens is 1. The van der Waals surface area contributed by atoms with Gasteiger partial charge in [-0.3, -0.25) is 4.79 Å². The zero-order valence-electron chi connectivity index (χ0n) is 10.9. The van der Waals surface area contributed by atoms with E-state index in [0.29, 0.717) is 10.7 Å². The molecule has 0 unspecified atom stereocenters. The van der Waals surface area contributed by atoms with Gasteiger partial charge in [0.2, 0.25) is 5.91 Å². The summed E-state index contributed by atoms with van der Waals surface area (Å²) in [5, 5.41) is 2.85. The number of nitrogen functional groups attached to an aromatic ring is 1. The molecule has 0 spiro atoms. The monoisotopic (exact) mass is 324 g/mol. The van der Waals surface area contributed by atoms with Crippen LogP contribution in [0.25, 0.3) is 0 Å². The molecule has 0 fully saturated rings. The lowest BCUT2D eigenvalue weighted by Crippen LogP contribution is -2.23. The molecule has 110 valence electrons. The van der Waals surface area contributed by atoms with Gasteiger partial charge in [0.15, 0.2) is 9.84 Å². The smallest absolute Gasteiger partial charge is 0.239 e. The Kier molecular flexibility index (Phi) is 4.50. The average Bonchev–Trinajstić information content (AvgIpc) is 2.38. The predicted octanol–water partition coefficient (Wildman–Crippen LogP) is 2.33. The zero-order valence-corrected chi connectivity index (χ0v) is 12.5. The third-order valence-electron chi connectivity index (χ3n) is 2.69. The summed E-state index contributed by atoms with van der Waals surface area (Å²) in [5.74, 6) is -1.32. The SMILES string of the molecule is Nc1cc(Cl)ccc1S(=O)(=O)CC(=O)Nc1ccccc1. The number of hydrogen-bond donors (Lipinski definition) is 2. The number of amides is 1. The lowest BCUT2D eigenvalue weighted by Gasteiger charge is -2.08. The van der Waals surface area contributed by atoms with Crippen molar-refractivity contribution < 1.29 is 13.2 Å². The van der Waals surface area contributed by atoms with Gasteiger partial charge >= 0.3 is 0 Å². The Bertz CT molecular complexity index is 761. The molecular formula is C14H13ClN2O3S. The van der Waals surface area contributed by atoms with Crippen molar-refractivity contribution in [3.63, 3.8) is 0 Å². The van der Waals surface area contributed by atoms with Crippen LogP contribution >= 0.6 is 11.6 Å². The van der Waals surface area contributed by atoms with Crippen LogP contribution in [0.1, 0.15) is 0 Å². The van der Waals surface area contributed by atoms with Crippen molar-refractivity contribution in [1.29, 1.82) is 0 Å². The Balaban J connectivity index is 2.16. The second-order valence-electron chi connectivity index (χ2n) is 4.36. The van der Waals surface area contributed by atoms with Crippen LogP contribution in [-0.4, -0.2) is 20.1 Å². The Morgan fingerprint density at radius 2 is 1.81 bits per heavy atom. The number of carbonyl (C=O) groups excluding carboxylic acids is 1. The molecule has 0 saturated heterocycles. The van der Waals surface area contributed by atoms with Crippen LogP contribution < -0.4 is 11.1 Å². The summed E-state index contributed by atoms with van der Waals surface area (Å²) < 4.78 is 24.4. The normalized spacial score (nSPS) is 11.1. The molecular weight excluding hydrogens is 312 g/mol. The van der Waals surface area contributed by atoms with E-state index < -0.39 is 21.5 Å². The van der Waals surface area contributed by atoms with Crippen molar-refractivity contribution in [2.45, 2.75) is 4.90 Å². The molecule has 5 nitrogen and oxygen atoms in total. The van der Waals surface area contributed by atoms with Gasteiger partial charge in [-0.05, 0) is 30.3 Å². The van der Waals surface area contributed by atoms with Gasteiger partial charge in [0.1, 0.15) is 5.75 Å². The largest absolute Gasteiger partial charge is 0.398 e. The highest BCUT2D eigenvalue weighted by Crippen LogP contribution is 2.23. The van der Waals surface area contributed by atoms with Gasteiger partial charge in [0.05, 0.1) is 10.6 Å². The van der Waals surface area contributed by atoms with Crippen LogP contribution in [0.2, 0.25) is 5.02 Å². The Morgan fingerprint density at radius 1 is 1.14 bits per heavy atom. The van der Waals surface area contributed by atoms with Gasteiger partial charge < -0.3 is 11.1 Å². The quantitative estimate of drug-likeness (QED) is 0.845. The maximum Gasteiger partial charge on any atom is 0.239 e. The van der Waals surface area contributed by atoms with Crippen molar-refractivity contribution >= 4 is 38.7 Å². The van der Waals surface area contributed by atoms with Gasteiger partial charge in [-0.15, -0.1) is 0 Å². The molecule has 21 heavy (non-hydrogen) atoms. The van der Waals surface area contributed by atoms with Crippen molar-refractivity contribution in [1.82, 2.24) is 0 Å². The van der Waals surface area contributed by atoms with Gasteiger partial charge in [-0.2, -0.15) is 0 Å². The fourth-order valence-corrected chi connectivity index (χ4v) is 3.22. The minimum atomic E-state index is -3.82. The summed E-state index contributed by atoms with van der Waals surface area (Å²) in [5.41, 5.74) is 6.19. The molecule has 3 N–H and O–H groups in total. The maximum atomic E-state index is 12.2. The molecule has 2 aromatic rings. The van der Waals surface area contributed by atoms with Gasteiger partial charge in [0.25, 0.3) is 0 Å². The van der Waals surface area contributed by atoms with Gasteiger partial charge in [0, 0.05) is 10.7 Å². The Hall–Kier alpha value is -2.05. The predicted molar refractivity (Wildman–Crippen MR) is 83.0 cm³/mol. The van der Waals surface area contributed by atoms with Crippen LogP contribution in [0.4, 0.5) is 11.4 Å². The molecule has 2 aromatic carbocycles. The minimum absolute atomic E-state index is 0.0232. The number of hydrogen-bond acceptors (Lipinski definition) is 4. The molecule has 2 rings (SSSR count). The van der Waals surface area contributed by atoms with Gasteiger partial charge in [-0.25, -0.2) is 8.42 Å². The number of benzene rings is 2. The number of para-hydroxylation sites is 1. The first kappa shape index (κ1) is 15.3. The fraction of sp³-hybridized carbons (Fsp3) is 0.0714. The number of anilines is 2. The third kappa shape index (κ3) is 3.96. The first-order valence-electron chi connectivity index (χ1n) is 6.01. The molecule has 7 heteroatoms. The molecule has 0 aromatic heterocycles. The van der Waals surface area contributed by atoms with E-state index in [1.54, 1.807) is 30.3 Å². The van der Waals surface area contributed by atoms with E-state index in [1.807, 2.05) is 0 Å². The summed E-state index contributed by atoms with van der Waals surface area (Å²) in [6.45, 7) is 0. The topological polar surface area (TPSA) is 89.3 Å². The summed E-state index contributed by atoms with van der Waals surface area (Å²) in [6, 6.07) is 12.7. The lowest BCUT2D eigenvalue weighted by molar-refractivity contribution is -0.113. The number of nitrogens with two attached hydrogens (primary N) is 1. The highest BCUT2D eigenvalue weighted by molar-refractivity contribution is 7.92. The second kappa shape index (κ2) is 6.15. The Morgan fingerprint density at radius 3 is 2.43 bits per heavy atom. The second-order valence-corrected chi connectivity index (χ2v) is 6.75. The molecule has 0 radical (unpaired) electrons. The van der Waals surface area contributed by atoms with Crippen molar-refractivity contribution in [2.24, 2.45) is 0 Å². The molecule has 0 bridgehead atoms.